The molecule has 108 valence electrons. The number of amides is 1. The molecule has 2 nitrogen and oxygen atoms in total. The quantitative estimate of drug-likeness (QED) is 0.510. The summed E-state index contributed by atoms with van der Waals surface area (Å²) in [6.07, 6.45) is 0. The van der Waals surface area contributed by atoms with Gasteiger partial charge in [-0.1, -0.05) is 36.4 Å². The van der Waals surface area contributed by atoms with Crippen molar-refractivity contribution in [2.75, 3.05) is 0 Å². The van der Waals surface area contributed by atoms with Gasteiger partial charge in [-0.25, -0.2) is 0 Å². The summed E-state index contributed by atoms with van der Waals surface area (Å²) in [4.78, 5) is 11.6. The predicted molar refractivity (Wildman–Crippen MR) is 94.7 cm³/mol. The van der Waals surface area contributed by atoms with E-state index in [0.29, 0.717) is 5.56 Å². The molecule has 2 N–H and O–H groups in total. The molecule has 22 heavy (non-hydrogen) atoms. The molecule has 4 aromatic carbocycles. The second kappa shape index (κ2) is 5.32. The van der Waals surface area contributed by atoms with Crippen LogP contribution in [-0.2, 0) is 0 Å². The molecule has 0 bridgehead atoms. The number of benzene rings is 4. The van der Waals surface area contributed by atoms with Crippen molar-refractivity contribution in [1.29, 1.82) is 0 Å². The molecule has 0 aliphatic rings. The summed E-state index contributed by atoms with van der Waals surface area (Å²) in [5.41, 5.74) is 6.05. The van der Waals surface area contributed by atoms with Gasteiger partial charge in [0.1, 0.15) is 0 Å². The Labute approximate surface area is 133 Å². The average Bonchev–Trinajstić information content (AvgIpc) is 2.50. The van der Waals surface area contributed by atoms with Crippen molar-refractivity contribution in [3.8, 4) is 0 Å². The monoisotopic (exact) mass is 307 g/mol. The third-order valence-corrected chi connectivity index (χ3v) is 3.97. The van der Waals surface area contributed by atoms with Crippen LogP contribution in [0.1, 0.15) is 10.4 Å². The first-order valence-electron chi connectivity index (χ1n) is 6.87. The summed E-state index contributed by atoms with van der Waals surface area (Å²) in [6.45, 7) is 0. The summed E-state index contributed by atoms with van der Waals surface area (Å²) in [7, 11) is 0. The molecule has 0 atom stereocenters. The standard InChI is InChI=1S/C19H13NO.ClH/c20-19(21)17-7-3-6-14-10-15-8-12-4-1-2-5-13(12)9-16(15)11-18(14)17;/h1-11H,(H2,20,21);1H. The van der Waals surface area contributed by atoms with Crippen LogP contribution in [0.25, 0.3) is 32.3 Å². The van der Waals surface area contributed by atoms with E-state index in [9.17, 15) is 4.79 Å². The van der Waals surface area contributed by atoms with Gasteiger partial charge in [-0.05, 0) is 62.6 Å². The minimum absolute atomic E-state index is 0. The third-order valence-electron chi connectivity index (χ3n) is 3.97. The van der Waals surface area contributed by atoms with Crippen LogP contribution in [-0.4, -0.2) is 5.91 Å². The molecule has 0 saturated heterocycles. The van der Waals surface area contributed by atoms with Crippen molar-refractivity contribution in [3.05, 3.63) is 72.3 Å². The summed E-state index contributed by atoms with van der Waals surface area (Å²) < 4.78 is 0. The zero-order valence-electron chi connectivity index (χ0n) is 11.7. The molecule has 4 rings (SSSR count). The molecule has 0 aliphatic carbocycles. The van der Waals surface area contributed by atoms with Crippen LogP contribution in [0.5, 0.6) is 0 Å². The van der Waals surface area contributed by atoms with E-state index in [1.54, 1.807) is 6.07 Å². The topological polar surface area (TPSA) is 43.1 Å². The van der Waals surface area contributed by atoms with Crippen molar-refractivity contribution in [3.63, 3.8) is 0 Å². The highest BCUT2D eigenvalue weighted by atomic mass is 35.5. The van der Waals surface area contributed by atoms with Crippen LogP contribution in [0.15, 0.2) is 66.7 Å². The second-order valence-corrected chi connectivity index (χ2v) is 5.29. The van der Waals surface area contributed by atoms with Crippen molar-refractivity contribution >= 4 is 50.6 Å². The zero-order valence-corrected chi connectivity index (χ0v) is 12.6. The summed E-state index contributed by atoms with van der Waals surface area (Å²) in [6, 6.07) is 22.4. The first-order valence-corrected chi connectivity index (χ1v) is 6.87. The molecule has 0 heterocycles. The van der Waals surface area contributed by atoms with E-state index < -0.39 is 0 Å². The van der Waals surface area contributed by atoms with Gasteiger partial charge in [-0.3, -0.25) is 4.79 Å². The lowest BCUT2D eigenvalue weighted by Crippen LogP contribution is -2.11. The number of carbonyl (C=O) groups excluding carboxylic acids is 1. The largest absolute Gasteiger partial charge is 0.366 e. The zero-order chi connectivity index (χ0) is 14.4. The van der Waals surface area contributed by atoms with Gasteiger partial charge in [0.25, 0.3) is 0 Å². The van der Waals surface area contributed by atoms with Crippen LogP contribution < -0.4 is 5.73 Å². The Kier molecular flexibility index (Phi) is 3.47. The Bertz CT molecular complexity index is 1020. The normalized spacial score (nSPS) is 10.7. The fourth-order valence-electron chi connectivity index (χ4n) is 2.93. The fourth-order valence-corrected chi connectivity index (χ4v) is 2.93. The van der Waals surface area contributed by atoms with Crippen LogP contribution in [0, 0.1) is 0 Å². The molecule has 0 unspecified atom stereocenters. The van der Waals surface area contributed by atoms with E-state index in [-0.39, 0.29) is 18.3 Å². The molecule has 1 amide bonds. The Hall–Kier alpha value is -2.58. The Morgan fingerprint density at radius 2 is 1.23 bits per heavy atom. The fraction of sp³-hybridized carbons (Fsp3) is 0. The van der Waals surface area contributed by atoms with E-state index in [2.05, 4.69) is 36.4 Å². The summed E-state index contributed by atoms with van der Waals surface area (Å²) in [5, 5.41) is 6.65. The van der Waals surface area contributed by atoms with Gasteiger partial charge in [0, 0.05) is 5.56 Å². The number of nitrogens with two attached hydrogens (primary N) is 1. The van der Waals surface area contributed by atoms with E-state index in [4.69, 9.17) is 5.73 Å². The van der Waals surface area contributed by atoms with Gasteiger partial charge in [0.05, 0.1) is 0 Å². The third kappa shape index (κ3) is 2.18. The highest BCUT2D eigenvalue weighted by Crippen LogP contribution is 2.28. The molecule has 3 heteroatoms. The lowest BCUT2D eigenvalue weighted by atomic mass is 9.97. The molecule has 0 spiro atoms. The van der Waals surface area contributed by atoms with Gasteiger partial charge < -0.3 is 5.73 Å². The molecule has 4 aromatic rings. The van der Waals surface area contributed by atoms with Crippen LogP contribution >= 0.6 is 12.4 Å². The van der Waals surface area contributed by atoms with Crippen LogP contribution in [0.3, 0.4) is 0 Å². The number of carbonyl (C=O) groups is 1. The maximum atomic E-state index is 11.6. The number of halogens is 1. The molecule has 0 aliphatic heterocycles. The van der Waals surface area contributed by atoms with E-state index in [1.165, 1.54) is 16.2 Å². The SMILES string of the molecule is Cl.NC(=O)c1cccc2cc3cc4ccccc4cc3cc12. The number of rotatable bonds is 1. The molecular weight excluding hydrogens is 294 g/mol. The Balaban J connectivity index is 0.00000144. The van der Waals surface area contributed by atoms with Crippen molar-refractivity contribution < 1.29 is 4.79 Å². The first-order chi connectivity index (χ1) is 10.2. The number of primary amides is 1. The highest BCUT2D eigenvalue weighted by molar-refractivity contribution is 6.11. The lowest BCUT2D eigenvalue weighted by molar-refractivity contribution is 0.100. The van der Waals surface area contributed by atoms with E-state index >= 15 is 0 Å². The molecule has 0 saturated carbocycles. The van der Waals surface area contributed by atoms with Crippen LogP contribution in [0.2, 0.25) is 0 Å². The molecule has 0 fully saturated rings. The van der Waals surface area contributed by atoms with Crippen LogP contribution in [0.4, 0.5) is 0 Å². The predicted octanol–water partition coefficient (Wildman–Crippen LogP) is 4.67. The maximum Gasteiger partial charge on any atom is 0.249 e. The summed E-state index contributed by atoms with van der Waals surface area (Å²) in [5.74, 6) is -0.388. The molecular formula is C19H14ClNO. The van der Waals surface area contributed by atoms with Crippen molar-refractivity contribution in [1.82, 2.24) is 0 Å². The minimum Gasteiger partial charge on any atom is -0.366 e. The van der Waals surface area contributed by atoms with Gasteiger partial charge in [0.15, 0.2) is 0 Å². The molecule has 0 aromatic heterocycles. The van der Waals surface area contributed by atoms with Gasteiger partial charge in [-0.15, -0.1) is 12.4 Å². The Morgan fingerprint density at radius 3 is 1.86 bits per heavy atom. The Morgan fingerprint density at radius 1 is 0.682 bits per heavy atom. The summed E-state index contributed by atoms with van der Waals surface area (Å²) >= 11 is 0. The first kappa shape index (κ1) is 14.4. The molecule has 0 radical (unpaired) electrons. The number of fused-ring (bicyclic) bond motifs is 3. The smallest absolute Gasteiger partial charge is 0.249 e. The lowest BCUT2D eigenvalue weighted by Gasteiger charge is -2.07. The number of hydrogen-bond donors (Lipinski definition) is 1. The maximum absolute atomic E-state index is 11.6. The van der Waals surface area contributed by atoms with E-state index in [0.717, 1.165) is 16.2 Å². The average molecular weight is 308 g/mol. The second-order valence-electron chi connectivity index (χ2n) is 5.29. The van der Waals surface area contributed by atoms with Crippen molar-refractivity contribution in [2.45, 2.75) is 0 Å². The van der Waals surface area contributed by atoms with Gasteiger partial charge >= 0.3 is 0 Å². The van der Waals surface area contributed by atoms with Gasteiger partial charge in [-0.2, -0.15) is 0 Å². The minimum atomic E-state index is -0.388. The van der Waals surface area contributed by atoms with E-state index in [1.807, 2.05) is 24.3 Å². The number of hydrogen-bond acceptors (Lipinski definition) is 1. The van der Waals surface area contributed by atoms with Crippen molar-refractivity contribution in [2.24, 2.45) is 5.73 Å². The highest BCUT2D eigenvalue weighted by Gasteiger charge is 2.07. The van der Waals surface area contributed by atoms with Gasteiger partial charge in [0.2, 0.25) is 5.91 Å².